The van der Waals surface area contributed by atoms with E-state index < -0.39 is 0 Å². The Morgan fingerprint density at radius 3 is 2.75 bits per heavy atom. The number of anilines is 2. The Morgan fingerprint density at radius 1 is 1.29 bits per heavy atom. The summed E-state index contributed by atoms with van der Waals surface area (Å²) in [6.45, 7) is 4.40. The smallest absolute Gasteiger partial charge is 0.324 e. The molecule has 2 N–H and O–H groups in total. The second-order valence-electron chi connectivity index (χ2n) is 7.01. The third-order valence-electron chi connectivity index (χ3n) is 5.14. The number of nitrogens with zero attached hydrogens (tertiary/aromatic N) is 3. The van der Waals surface area contributed by atoms with Crippen LogP contribution in [0.4, 0.5) is 16.3 Å². The van der Waals surface area contributed by atoms with Gasteiger partial charge in [0.05, 0.1) is 25.0 Å². The molecule has 1 aliphatic heterocycles. The van der Waals surface area contributed by atoms with Crippen LogP contribution in [-0.4, -0.2) is 59.0 Å². The first-order valence-electron chi connectivity index (χ1n) is 9.60. The number of carbonyl (C=O) groups is 1. The SMILES string of the molecule is COc1ccccc1NC(=O)Nc1ccnn1C1CCN(C(C)CSC)CC1. The third-order valence-corrected chi connectivity index (χ3v) is 5.96. The zero-order valence-electron chi connectivity index (χ0n) is 16.7. The number of piperidine rings is 1. The summed E-state index contributed by atoms with van der Waals surface area (Å²) in [4.78, 5) is 15.0. The highest BCUT2D eigenvalue weighted by Crippen LogP contribution is 2.27. The van der Waals surface area contributed by atoms with E-state index in [2.05, 4.69) is 33.8 Å². The van der Waals surface area contributed by atoms with Gasteiger partial charge in [0.1, 0.15) is 11.6 Å². The molecule has 1 aromatic carbocycles. The maximum Gasteiger partial charge on any atom is 0.324 e. The fourth-order valence-corrected chi connectivity index (χ4v) is 4.33. The molecule has 152 valence electrons. The van der Waals surface area contributed by atoms with Crippen molar-refractivity contribution < 1.29 is 9.53 Å². The molecule has 28 heavy (non-hydrogen) atoms. The van der Waals surface area contributed by atoms with E-state index in [1.54, 1.807) is 19.4 Å². The number of urea groups is 1. The van der Waals surface area contributed by atoms with E-state index in [1.165, 1.54) is 0 Å². The van der Waals surface area contributed by atoms with Crippen molar-refractivity contribution in [2.75, 3.05) is 42.8 Å². The molecule has 0 radical (unpaired) electrons. The lowest BCUT2D eigenvalue weighted by atomic mass is 10.0. The van der Waals surface area contributed by atoms with Crippen molar-refractivity contribution in [1.82, 2.24) is 14.7 Å². The number of thioether (sulfide) groups is 1. The molecule has 2 amide bonds. The Kier molecular flexibility index (Phi) is 7.22. The number of methoxy groups -OCH3 is 1. The second kappa shape index (κ2) is 9.84. The van der Waals surface area contributed by atoms with Crippen LogP contribution in [0, 0.1) is 0 Å². The maximum absolute atomic E-state index is 12.5. The van der Waals surface area contributed by atoms with Crippen molar-refractivity contribution in [2.45, 2.75) is 31.8 Å². The van der Waals surface area contributed by atoms with E-state index in [-0.39, 0.29) is 6.03 Å². The number of hydrogen-bond donors (Lipinski definition) is 2. The molecule has 8 heteroatoms. The van der Waals surface area contributed by atoms with E-state index in [4.69, 9.17) is 4.74 Å². The number of benzene rings is 1. The van der Waals surface area contributed by atoms with E-state index >= 15 is 0 Å². The van der Waals surface area contributed by atoms with E-state index in [0.29, 0.717) is 29.3 Å². The number of rotatable bonds is 7. The van der Waals surface area contributed by atoms with Crippen LogP contribution in [0.15, 0.2) is 36.5 Å². The van der Waals surface area contributed by atoms with Gasteiger partial charge in [-0.25, -0.2) is 9.48 Å². The predicted octanol–water partition coefficient (Wildman–Crippen LogP) is 3.92. The van der Waals surface area contributed by atoms with Crippen molar-refractivity contribution in [3.05, 3.63) is 36.5 Å². The lowest BCUT2D eigenvalue weighted by molar-refractivity contribution is 0.150. The second-order valence-corrected chi connectivity index (χ2v) is 7.92. The summed E-state index contributed by atoms with van der Waals surface area (Å²) in [6, 6.07) is 9.76. The van der Waals surface area contributed by atoms with E-state index in [9.17, 15) is 4.79 Å². The van der Waals surface area contributed by atoms with Gasteiger partial charge < -0.3 is 10.1 Å². The lowest BCUT2D eigenvalue weighted by Gasteiger charge is -2.36. The Labute approximate surface area is 170 Å². The summed E-state index contributed by atoms with van der Waals surface area (Å²) in [6.07, 6.45) is 5.95. The molecule has 1 aromatic heterocycles. The topological polar surface area (TPSA) is 71.4 Å². The Bertz CT molecular complexity index is 773. The largest absolute Gasteiger partial charge is 0.495 e. The standard InChI is InChI=1S/C20H29N5O2S/c1-15(14-28-3)24-12-9-16(10-13-24)25-19(8-11-21-25)23-20(26)22-17-6-4-5-7-18(17)27-2/h4-8,11,15-16H,9-10,12-14H2,1-3H3,(H2,22,23,26). The normalized spacial score (nSPS) is 16.5. The van der Waals surface area contributed by atoms with Crippen molar-refractivity contribution in [3.63, 3.8) is 0 Å². The van der Waals surface area contributed by atoms with Gasteiger partial charge in [-0.1, -0.05) is 12.1 Å². The lowest BCUT2D eigenvalue weighted by Crippen LogP contribution is -2.41. The molecule has 3 rings (SSSR count). The molecule has 1 aliphatic rings. The molecular weight excluding hydrogens is 374 g/mol. The van der Waals surface area contributed by atoms with Crippen molar-refractivity contribution >= 4 is 29.3 Å². The monoisotopic (exact) mass is 403 g/mol. The first kappa shape index (κ1) is 20.5. The van der Waals surface area contributed by atoms with E-state index in [0.717, 1.165) is 31.7 Å². The molecule has 1 atom stereocenters. The molecule has 1 saturated heterocycles. The molecular formula is C20H29N5O2S. The first-order chi connectivity index (χ1) is 13.6. The van der Waals surface area contributed by atoms with Crippen LogP contribution in [0.1, 0.15) is 25.8 Å². The minimum Gasteiger partial charge on any atom is -0.495 e. The summed E-state index contributed by atoms with van der Waals surface area (Å²) in [7, 11) is 1.58. The van der Waals surface area contributed by atoms with Crippen molar-refractivity contribution in [2.24, 2.45) is 0 Å². The highest BCUT2D eigenvalue weighted by Gasteiger charge is 2.25. The summed E-state index contributed by atoms with van der Waals surface area (Å²) < 4.78 is 7.22. The van der Waals surface area contributed by atoms with Crippen LogP contribution in [0.25, 0.3) is 0 Å². The fourth-order valence-electron chi connectivity index (χ4n) is 3.64. The van der Waals surface area contributed by atoms with Crippen LogP contribution in [0.2, 0.25) is 0 Å². The molecule has 2 aromatic rings. The summed E-state index contributed by atoms with van der Waals surface area (Å²) in [5, 5.41) is 10.2. The van der Waals surface area contributed by atoms with Crippen molar-refractivity contribution in [3.8, 4) is 5.75 Å². The van der Waals surface area contributed by atoms with Crippen LogP contribution < -0.4 is 15.4 Å². The number of likely N-dealkylation sites (tertiary alicyclic amines) is 1. The van der Waals surface area contributed by atoms with Gasteiger partial charge in [-0.15, -0.1) is 0 Å². The van der Waals surface area contributed by atoms with Gasteiger partial charge in [0.25, 0.3) is 0 Å². The molecule has 0 aliphatic carbocycles. The molecule has 1 unspecified atom stereocenters. The number of para-hydroxylation sites is 2. The van der Waals surface area contributed by atoms with Gasteiger partial charge >= 0.3 is 6.03 Å². The molecule has 1 fully saturated rings. The minimum absolute atomic E-state index is 0.300. The zero-order valence-corrected chi connectivity index (χ0v) is 17.5. The third kappa shape index (κ3) is 4.99. The average molecular weight is 404 g/mol. The van der Waals surface area contributed by atoms with Gasteiger partial charge in [0.2, 0.25) is 0 Å². The van der Waals surface area contributed by atoms with Gasteiger partial charge in [0, 0.05) is 31.0 Å². The number of ether oxygens (including phenoxy) is 1. The minimum atomic E-state index is -0.308. The first-order valence-corrected chi connectivity index (χ1v) is 11.0. The maximum atomic E-state index is 12.5. The molecule has 0 saturated carbocycles. The Hall–Kier alpha value is -2.19. The van der Waals surface area contributed by atoms with Crippen LogP contribution in [-0.2, 0) is 0 Å². The Morgan fingerprint density at radius 2 is 2.04 bits per heavy atom. The summed E-state index contributed by atoms with van der Waals surface area (Å²) >= 11 is 1.89. The molecule has 0 bridgehead atoms. The highest BCUT2D eigenvalue weighted by molar-refractivity contribution is 7.98. The van der Waals surface area contributed by atoms with Crippen LogP contribution in [0.5, 0.6) is 5.75 Å². The van der Waals surface area contributed by atoms with Gasteiger partial charge in [0.15, 0.2) is 0 Å². The summed E-state index contributed by atoms with van der Waals surface area (Å²) in [5.74, 6) is 2.49. The number of amides is 2. The summed E-state index contributed by atoms with van der Waals surface area (Å²) in [5.41, 5.74) is 0.629. The number of aromatic nitrogens is 2. The van der Waals surface area contributed by atoms with Gasteiger partial charge in [-0.05, 0) is 38.2 Å². The van der Waals surface area contributed by atoms with Crippen LogP contribution >= 0.6 is 11.8 Å². The molecule has 7 nitrogen and oxygen atoms in total. The zero-order chi connectivity index (χ0) is 19.9. The van der Waals surface area contributed by atoms with Crippen molar-refractivity contribution in [1.29, 1.82) is 0 Å². The highest BCUT2D eigenvalue weighted by atomic mass is 32.2. The van der Waals surface area contributed by atoms with E-state index in [1.807, 2.05) is 40.7 Å². The number of hydrogen-bond acceptors (Lipinski definition) is 5. The quantitative estimate of drug-likeness (QED) is 0.733. The predicted molar refractivity (Wildman–Crippen MR) is 116 cm³/mol. The molecule has 0 spiro atoms. The van der Waals surface area contributed by atoms with Gasteiger partial charge in [-0.3, -0.25) is 10.2 Å². The number of nitrogens with one attached hydrogen (secondary N) is 2. The van der Waals surface area contributed by atoms with Crippen LogP contribution in [0.3, 0.4) is 0 Å². The average Bonchev–Trinajstić information content (AvgIpc) is 3.16. The molecule has 2 heterocycles. The number of carbonyl (C=O) groups excluding carboxylic acids is 1. The Balaban J connectivity index is 1.59. The fraction of sp³-hybridized carbons (Fsp3) is 0.500. The van der Waals surface area contributed by atoms with Gasteiger partial charge in [-0.2, -0.15) is 16.9 Å².